The summed E-state index contributed by atoms with van der Waals surface area (Å²) in [5.74, 6) is 0.568. The lowest BCUT2D eigenvalue weighted by atomic mass is 10.2. The largest absolute Gasteiger partial charge is 0.492 e. The summed E-state index contributed by atoms with van der Waals surface area (Å²) in [6.07, 6.45) is 3.51. The van der Waals surface area contributed by atoms with E-state index in [1.807, 2.05) is 61.5 Å². The van der Waals surface area contributed by atoms with Gasteiger partial charge in [0.15, 0.2) is 0 Å². The standard InChI is InChI=1S/C24H29N5O3/c1-19-8-10-22(11-9-19)32-15-14-28(2)24(31)18-29-17-21(16-26-29)27-23(30)12-13-25-20-6-4-3-5-7-20/h3-11,16-17,25H,12-15,18H2,1-2H3,(H,27,30). The molecule has 0 fully saturated rings. The van der Waals surface area contributed by atoms with Crippen LogP contribution >= 0.6 is 0 Å². The van der Waals surface area contributed by atoms with Crippen LogP contribution in [-0.4, -0.2) is 53.2 Å². The molecule has 0 atom stereocenters. The molecule has 8 heteroatoms. The number of carbonyl (C=O) groups excluding carboxylic acids is 2. The highest BCUT2D eigenvalue weighted by atomic mass is 16.5. The lowest BCUT2D eigenvalue weighted by molar-refractivity contribution is -0.131. The highest BCUT2D eigenvalue weighted by molar-refractivity contribution is 5.90. The van der Waals surface area contributed by atoms with Crippen molar-refractivity contribution < 1.29 is 14.3 Å². The van der Waals surface area contributed by atoms with Crippen molar-refractivity contribution in [2.24, 2.45) is 0 Å². The van der Waals surface area contributed by atoms with Gasteiger partial charge in [-0.3, -0.25) is 14.3 Å². The van der Waals surface area contributed by atoms with Crippen molar-refractivity contribution in [2.75, 3.05) is 37.4 Å². The van der Waals surface area contributed by atoms with Crippen LogP contribution in [-0.2, 0) is 16.1 Å². The number of amides is 2. The minimum atomic E-state index is -0.121. The van der Waals surface area contributed by atoms with Crippen molar-refractivity contribution in [2.45, 2.75) is 19.9 Å². The monoisotopic (exact) mass is 435 g/mol. The van der Waals surface area contributed by atoms with E-state index in [1.54, 1.807) is 18.1 Å². The van der Waals surface area contributed by atoms with Gasteiger partial charge in [-0.15, -0.1) is 0 Å². The molecule has 0 spiro atoms. The fraction of sp³-hybridized carbons (Fsp3) is 0.292. The number of ether oxygens (including phenoxy) is 1. The summed E-state index contributed by atoms with van der Waals surface area (Å²) in [5.41, 5.74) is 2.70. The molecule has 0 radical (unpaired) electrons. The molecule has 3 aromatic rings. The van der Waals surface area contributed by atoms with Crippen molar-refractivity contribution in [3.8, 4) is 5.75 Å². The Morgan fingerprint density at radius 2 is 1.81 bits per heavy atom. The molecular weight excluding hydrogens is 406 g/mol. The number of aryl methyl sites for hydroxylation is 1. The van der Waals surface area contributed by atoms with Crippen molar-refractivity contribution in [3.05, 3.63) is 72.6 Å². The van der Waals surface area contributed by atoms with Gasteiger partial charge in [-0.05, 0) is 31.2 Å². The summed E-state index contributed by atoms with van der Waals surface area (Å²) in [5, 5.41) is 10.2. The fourth-order valence-electron chi connectivity index (χ4n) is 2.93. The van der Waals surface area contributed by atoms with E-state index in [2.05, 4.69) is 15.7 Å². The molecule has 2 aromatic carbocycles. The highest BCUT2D eigenvalue weighted by Gasteiger charge is 2.11. The lowest BCUT2D eigenvalue weighted by Gasteiger charge is -2.17. The number of benzene rings is 2. The van der Waals surface area contributed by atoms with E-state index in [-0.39, 0.29) is 18.4 Å². The number of hydrogen-bond acceptors (Lipinski definition) is 5. The molecule has 0 aliphatic heterocycles. The molecule has 1 aromatic heterocycles. The van der Waals surface area contributed by atoms with Gasteiger partial charge in [-0.2, -0.15) is 5.10 Å². The predicted octanol–water partition coefficient (Wildman–Crippen LogP) is 3.17. The second-order valence-electron chi connectivity index (χ2n) is 7.49. The third-order valence-electron chi connectivity index (χ3n) is 4.81. The van der Waals surface area contributed by atoms with Gasteiger partial charge in [-0.1, -0.05) is 35.9 Å². The molecule has 2 N–H and O–H groups in total. The minimum Gasteiger partial charge on any atom is -0.492 e. The molecule has 0 unspecified atom stereocenters. The third-order valence-corrected chi connectivity index (χ3v) is 4.81. The molecule has 0 aliphatic carbocycles. The number of likely N-dealkylation sites (N-methyl/N-ethyl adjacent to an activating group) is 1. The summed E-state index contributed by atoms with van der Waals surface area (Å²) >= 11 is 0. The number of carbonyl (C=O) groups is 2. The quantitative estimate of drug-likeness (QED) is 0.483. The maximum Gasteiger partial charge on any atom is 0.244 e. The molecule has 0 aliphatic rings. The lowest BCUT2D eigenvalue weighted by Crippen LogP contribution is -2.33. The maximum absolute atomic E-state index is 12.4. The average molecular weight is 436 g/mol. The third kappa shape index (κ3) is 7.46. The number of anilines is 2. The normalized spacial score (nSPS) is 10.4. The topological polar surface area (TPSA) is 88.5 Å². The Morgan fingerprint density at radius 1 is 1.06 bits per heavy atom. The average Bonchev–Trinajstić information content (AvgIpc) is 3.22. The molecule has 8 nitrogen and oxygen atoms in total. The first-order valence-electron chi connectivity index (χ1n) is 10.5. The summed E-state index contributed by atoms with van der Waals surface area (Å²) in [7, 11) is 1.73. The van der Waals surface area contributed by atoms with Gasteiger partial charge in [0.05, 0.1) is 18.4 Å². The number of aromatic nitrogens is 2. The van der Waals surface area contributed by atoms with Gasteiger partial charge in [0.2, 0.25) is 11.8 Å². The zero-order valence-electron chi connectivity index (χ0n) is 18.5. The van der Waals surface area contributed by atoms with Crippen LogP contribution in [0.25, 0.3) is 0 Å². The van der Waals surface area contributed by atoms with E-state index in [0.29, 0.717) is 31.8 Å². The Bertz CT molecular complexity index is 1000. The smallest absolute Gasteiger partial charge is 0.244 e. The van der Waals surface area contributed by atoms with Gasteiger partial charge in [-0.25, -0.2) is 0 Å². The fourth-order valence-corrected chi connectivity index (χ4v) is 2.93. The SMILES string of the molecule is Cc1ccc(OCCN(C)C(=O)Cn2cc(NC(=O)CCNc3ccccc3)cn2)cc1. The molecule has 1 heterocycles. The zero-order valence-corrected chi connectivity index (χ0v) is 18.5. The number of para-hydroxylation sites is 1. The summed E-state index contributed by atoms with van der Waals surface area (Å²) in [6.45, 7) is 3.50. The van der Waals surface area contributed by atoms with Crippen LogP contribution in [0.2, 0.25) is 0 Å². The first-order valence-corrected chi connectivity index (χ1v) is 10.5. The van der Waals surface area contributed by atoms with Crippen LogP contribution in [0.4, 0.5) is 11.4 Å². The molecule has 168 valence electrons. The van der Waals surface area contributed by atoms with Crippen LogP contribution in [0, 0.1) is 6.92 Å². The van der Waals surface area contributed by atoms with Crippen LogP contribution in [0.15, 0.2) is 67.0 Å². The Kier molecular flexibility index (Phi) is 8.25. The number of nitrogens with zero attached hydrogens (tertiary/aromatic N) is 3. The Labute approximate surface area is 188 Å². The molecule has 0 bridgehead atoms. The number of rotatable bonds is 11. The van der Waals surface area contributed by atoms with Gasteiger partial charge in [0, 0.05) is 31.9 Å². The van der Waals surface area contributed by atoms with Crippen LogP contribution in [0.3, 0.4) is 0 Å². The Morgan fingerprint density at radius 3 is 2.56 bits per heavy atom. The van der Waals surface area contributed by atoms with Crippen molar-refractivity contribution in [1.82, 2.24) is 14.7 Å². The number of hydrogen-bond donors (Lipinski definition) is 2. The summed E-state index contributed by atoms with van der Waals surface area (Å²) in [4.78, 5) is 26.1. The van der Waals surface area contributed by atoms with Gasteiger partial charge >= 0.3 is 0 Å². The van der Waals surface area contributed by atoms with Gasteiger partial charge < -0.3 is 20.3 Å². The van der Waals surface area contributed by atoms with Crippen molar-refractivity contribution in [1.29, 1.82) is 0 Å². The van der Waals surface area contributed by atoms with E-state index in [4.69, 9.17) is 4.74 Å². The van der Waals surface area contributed by atoms with Crippen molar-refractivity contribution in [3.63, 3.8) is 0 Å². The van der Waals surface area contributed by atoms with E-state index < -0.39 is 0 Å². The molecule has 3 rings (SSSR count). The minimum absolute atomic E-state index is 0.0897. The van der Waals surface area contributed by atoms with E-state index in [0.717, 1.165) is 11.4 Å². The predicted molar refractivity (Wildman–Crippen MR) is 125 cm³/mol. The second kappa shape index (κ2) is 11.5. The first kappa shape index (κ1) is 22.9. The molecule has 2 amide bonds. The number of nitrogens with one attached hydrogen (secondary N) is 2. The zero-order chi connectivity index (χ0) is 22.8. The highest BCUT2D eigenvalue weighted by Crippen LogP contribution is 2.11. The Balaban J connectivity index is 1.36. The van der Waals surface area contributed by atoms with Gasteiger partial charge in [0.25, 0.3) is 0 Å². The maximum atomic E-state index is 12.4. The van der Waals surface area contributed by atoms with Crippen LogP contribution in [0.5, 0.6) is 5.75 Å². The van der Waals surface area contributed by atoms with Crippen LogP contribution < -0.4 is 15.4 Å². The summed E-state index contributed by atoms with van der Waals surface area (Å²) in [6, 6.07) is 17.5. The van der Waals surface area contributed by atoms with Crippen LogP contribution in [0.1, 0.15) is 12.0 Å². The Hall–Kier alpha value is -3.81. The van der Waals surface area contributed by atoms with E-state index >= 15 is 0 Å². The molecule has 0 saturated heterocycles. The second-order valence-corrected chi connectivity index (χ2v) is 7.49. The van der Waals surface area contributed by atoms with E-state index in [1.165, 1.54) is 16.4 Å². The molecular formula is C24H29N5O3. The summed E-state index contributed by atoms with van der Waals surface area (Å²) < 4.78 is 7.18. The molecule has 32 heavy (non-hydrogen) atoms. The van der Waals surface area contributed by atoms with Crippen molar-refractivity contribution >= 4 is 23.2 Å². The first-order chi connectivity index (χ1) is 15.5. The van der Waals surface area contributed by atoms with E-state index in [9.17, 15) is 9.59 Å². The van der Waals surface area contributed by atoms with Gasteiger partial charge in [0.1, 0.15) is 18.9 Å². The molecule has 0 saturated carbocycles.